The fourth-order valence-corrected chi connectivity index (χ4v) is 5.35. The van der Waals surface area contributed by atoms with Crippen molar-refractivity contribution in [3.63, 3.8) is 0 Å². The van der Waals surface area contributed by atoms with Gasteiger partial charge in [0.25, 0.3) is 5.91 Å². The van der Waals surface area contributed by atoms with Crippen LogP contribution in [0.2, 0.25) is 0 Å². The molecule has 2 aliphatic heterocycles. The van der Waals surface area contributed by atoms with Gasteiger partial charge in [-0.05, 0) is 35.4 Å². The van der Waals surface area contributed by atoms with Crippen molar-refractivity contribution in [3.05, 3.63) is 101 Å². The number of anilines is 1. The largest absolute Gasteiger partial charge is 0.392 e. The predicted molar refractivity (Wildman–Crippen MR) is 154 cm³/mol. The second-order valence-corrected chi connectivity index (χ2v) is 10.6. The summed E-state index contributed by atoms with van der Waals surface area (Å²) in [7, 11) is 0. The number of benzene rings is 3. The van der Waals surface area contributed by atoms with Gasteiger partial charge >= 0.3 is 0 Å². The van der Waals surface area contributed by atoms with Crippen LogP contribution < -0.4 is 5.32 Å². The number of rotatable bonds is 7. The minimum atomic E-state index is -0.573. The molecule has 212 valence electrons. The lowest BCUT2D eigenvalue weighted by atomic mass is 9.90. The summed E-state index contributed by atoms with van der Waals surface area (Å²) in [6, 6.07) is 22.9. The van der Waals surface area contributed by atoms with Crippen LogP contribution in [0.4, 0.5) is 5.69 Å². The average molecular weight is 555 g/mol. The molecule has 2 fully saturated rings. The van der Waals surface area contributed by atoms with Crippen molar-refractivity contribution in [1.29, 1.82) is 0 Å². The molecule has 4 aromatic rings. The zero-order valence-electron chi connectivity index (χ0n) is 23.0. The fraction of sp³-hybridized carbons (Fsp3) is 0.344. The number of nitrogens with one attached hydrogen (secondary N) is 1. The van der Waals surface area contributed by atoms with Crippen LogP contribution in [-0.2, 0) is 20.8 Å². The number of hydrogen-bond acceptors (Lipinski definition) is 8. The Labute approximate surface area is 239 Å². The maximum atomic E-state index is 12.9. The number of morpholine rings is 1. The van der Waals surface area contributed by atoms with Crippen LogP contribution in [0.5, 0.6) is 0 Å². The minimum absolute atomic E-state index is 0.00305. The van der Waals surface area contributed by atoms with Gasteiger partial charge in [-0.3, -0.25) is 14.7 Å². The molecule has 4 atom stereocenters. The molecule has 0 bridgehead atoms. The van der Waals surface area contributed by atoms with Crippen molar-refractivity contribution < 1.29 is 24.1 Å². The first-order valence-corrected chi connectivity index (χ1v) is 14.0. The molecule has 2 N–H and O–H groups in total. The summed E-state index contributed by atoms with van der Waals surface area (Å²) in [6.07, 6.45) is 0.674. The van der Waals surface area contributed by atoms with Gasteiger partial charge < -0.3 is 24.6 Å². The lowest BCUT2D eigenvalue weighted by Crippen LogP contribution is -2.47. The fourth-order valence-electron chi connectivity index (χ4n) is 5.35. The topological polar surface area (TPSA) is 106 Å². The standard InChI is InChI=1S/C32H34N4O5/c1-21-29(19-36-14-16-39-17-15-36)40-32(41-30(21)23-8-6-22(20-37)7-9-23)24-10-12-25(13-11-24)34-31(38)28-18-33-26-4-2-3-5-27(26)35-28/h2-13,18,21,29-30,32,37H,14-17,19-20H2,1H3,(H,34,38). The number of hydrogen-bond donors (Lipinski definition) is 2. The predicted octanol–water partition coefficient (Wildman–Crippen LogP) is 4.50. The number of amides is 1. The first-order chi connectivity index (χ1) is 20.1. The third-order valence-electron chi connectivity index (χ3n) is 7.79. The van der Waals surface area contributed by atoms with Gasteiger partial charge in [-0.15, -0.1) is 0 Å². The maximum Gasteiger partial charge on any atom is 0.275 e. The van der Waals surface area contributed by atoms with Crippen molar-refractivity contribution in [1.82, 2.24) is 14.9 Å². The first-order valence-electron chi connectivity index (χ1n) is 14.0. The van der Waals surface area contributed by atoms with E-state index >= 15 is 0 Å². The zero-order chi connectivity index (χ0) is 28.2. The van der Waals surface area contributed by atoms with Gasteiger partial charge in [0.15, 0.2) is 6.29 Å². The van der Waals surface area contributed by atoms with Crippen molar-refractivity contribution in [2.24, 2.45) is 5.92 Å². The number of aliphatic hydroxyl groups is 1. The molecule has 0 spiro atoms. The molecule has 1 amide bonds. The highest BCUT2D eigenvalue weighted by atomic mass is 16.7. The molecular formula is C32H34N4O5. The SMILES string of the molecule is CC1C(CN2CCOCC2)OC(c2ccc(NC(=O)c3cnc4ccccc4n3)cc2)OC1c1ccc(CO)cc1. The quantitative estimate of drug-likeness (QED) is 0.344. The highest BCUT2D eigenvalue weighted by Gasteiger charge is 2.39. The molecule has 2 aliphatic rings. The molecular weight excluding hydrogens is 520 g/mol. The van der Waals surface area contributed by atoms with Gasteiger partial charge in [-0.1, -0.05) is 55.5 Å². The summed E-state index contributed by atoms with van der Waals surface area (Å²) in [5, 5.41) is 12.4. The van der Waals surface area contributed by atoms with Crippen LogP contribution in [0.25, 0.3) is 11.0 Å². The van der Waals surface area contributed by atoms with Crippen LogP contribution in [0.1, 0.15) is 46.5 Å². The van der Waals surface area contributed by atoms with Crippen LogP contribution in [0.15, 0.2) is 79.0 Å². The monoisotopic (exact) mass is 554 g/mol. The lowest BCUT2D eigenvalue weighted by molar-refractivity contribution is -0.277. The van der Waals surface area contributed by atoms with E-state index in [9.17, 15) is 9.90 Å². The number of fused-ring (bicyclic) bond motifs is 1. The van der Waals surface area contributed by atoms with Crippen LogP contribution in [0.3, 0.4) is 0 Å². The summed E-state index contributed by atoms with van der Waals surface area (Å²) in [4.78, 5) is 24.0. The number of carbonyl (C=O) groups excluding carboxylic acids is 1. The molecule has 2 saturated heterocycles. The first kappa shape index (κ1) is 27.4. The Kier molecular flexibility index (Phi) is 8.31. The molecule has 6 rings (SSSR count). The molecule has 0 aliphatic carbocycles. The number of aliphatic hydroxyl groups excluding tert-OH is 1. The van der Waals surface area contributed by atoms with Crippen molar-refractivity contribution in [3.8, 4) is 0 Å². The Bertz CT molecular complexity index is 1470. The van der Waals surface area contributed by atoms with E-state index in [4.69, 9.17) is 14.2 Å². The van der Waals surface area contributed by atoms with E-state index in [2.05, 4.69) is 27.1 Å². The summed E-state index contributed by atoms with van der Waals surface area (Å²) in [5.74, 6) is -0.220. The van der Waals surface area contributed by atoms with Crippen molar-refractivity contribution in [2.75, 3.05) is 38.2 Å². The Morgan fingerprint density at radius 3 is 2.39 bits per heavy atom. The molecule has 9 nitrogen and oxygen atoms in total. The van der Waals surface area contributed by atoms with Gasteiger partial charge in [-0.2, -0.15) is 0 Å². The van der Waals surface area contributed by atoms with E-state index in [0.29, 0.717) is 11.2 Å². The Morgan fingerprint density at radius 1 is 0.951 bits per heavy atom. The van der Waals surface area contributed by atoms with Crippen molar-refractivity contribution in [2.45, 2.75) is 32.0 Å². The molecule has 1 aromatic heterocycles. The zero-order valence-corrected chi connectivity index (χ0v) is 23.0. The average Bonchev–Trinajstić information content (AvgIpc) is 3.03. The van der Waals surface area contributed by atoms with E-state index in [1.807, 2.05) is 72.8 Å². The minimum Gasteiger partial charge on any atom is -0.392 e. The van der Waals surface area contributed by atoms with Crippen molar-refractivity contribution >= 4 is 22.6 Å². The number of ether oxygens (including phenoxy) is 3. The smallest absolute Gasteiger partial charge is 0.275 e. The number of para-hydroxylation sites is 2. The lowest BCUT2D eigenvalue weighted by Gasteiger charge is -2.43. The van der Waals surface area contributed by atoms with E-state index in [0.717, 1.165) is 55.1 Å². The van der Waals surface area contributed by atoms with Gasteiger partial charge in [0.1, 0.15) is 5.69 Å². The molecule has 9 heteroatoms. The molecule has 3 aromatic carbocycles. The molecule has 3 heterocycles. The third-order valence-corrected chi connectivity index (χ3v) is 7.79. The van der Waals surface area contributed by atoms with Gasteiger partial charge in [-0.25, -0.2) is 4.98 Å². The van der Waals surface area contributed by atoms with Crippen LogP contribution in [-0.4, -0.2) is 64.8 Å². The number of nitrogens with zero attached hydrogens (tertiary/aromatic N) is 3. The van der Waals surface area contributed by atoms with Crippen LogP contribution >= 0.6 is 0 Å². The number of aromatic nitrogens is 2. The summed E-state index contributed by atoms with van der Waals surface area (Å²) < 4.78 is 18.7. The molecule has 41 heavy (non-hydrogen) atoms. The van der Waals surface area contributed by atoms with E-state index in [-0.39, 0.29) is 36.3 Å². The second kappa shape index (κ2) is 12.4. The summed E-state index contributed by atoms with van der Waals surface area (Å²) >= 11 is 0. The van der Waals surface area contributed by atoms with Gasteiger partial charge in [0, 0.05) is 36.8 Å². The Hall–Kier alpha value is -3.73. The molecule has 4 unspecified atom stereocenters. The van der Waals surface area contributed by atoms with E-state index < -0.39 is 6.29 Å². The Balaban J connectivity index is 1.19. The maximum absolute atomic E-state index is 12.9. The summed E-state index contributed by atoms with van der Waals surface area (Å²) in [6.45, 7) is 6.17. The molecule has 0 radical (unpaired) electrons. The second-order valence-electron chi connectivity index (χ2n) is 10.6. The van der Waals surface area contributed by atoms with Gasteiger partial charge in [0.05, 0.1) is 49.3 Å². The third kappa shape index (κ3) is 6.29. The molecule has 0 saturated carbocycles. The van der Waals surface area contributed by atoms with E-state index in [1.165, 1.54) is 6.20 Å². The van der Waals surface area contributed by atoms with E-state index in [1.54, 1.807) is 0 Å². The van der Waals surface area contributed by atoms with Crippen LogP contribution in [0, 0.1) is 5.92 Å². The normalized spacial score (nSPS) is 23.4. The number of carbonyl (C=O) groups is 1. The highest BCUT2D eigenvalue weighted by Crippen LogP contribution is 2.42. The van der Waals surface area contributed by atoms with Gasteiger partial charge in [0.2, 0.25) is 0 Å². The highest BCUT2D eigenvalue weighted by molar-refractivity contribution is 6.03. The Morgan fingerprint density at radius 2 is 1.66 bits per heavy atom. The summed E-state index contributed by atoms with van der Waals surface area (Å²) in [5.41, 5.74) is 5.08.